The minimum absolute atomic E-state index is 0.130. The van der Waals surface area contributed by atoms with Crippen molar-refractivity contribution in [3.05, 3.63) is 59.9 Å². The lowest BCUT2D eigenvalue weighted by atomic mass is 10.1. The Labute approximate surface area is 163 Å². The van der Waals surface area contributed by atoms with E-state index in [9.17, 15) is 18.0 Å². The van der Waals surface area contributed by atoms with E-state index in [0.717, 1.165) is 5.56 Å². The quantitative estimate of drug-likeness (QED) is 0.625. The van der Waals surface area contributed by atoms with Crippen LogP contribution in [0.5, 0.6) is 5.75 Å². The summed E-state index contributed by atoms with van der Waals surface area (Å²) in [5.74, 6) is 0.186. The monoisotopic (exact) mass is 406 g/mol. The third-order valence-electron chi connectivity index (χ3n) is 3.79. The molecule has 0 bridgehead atoms. The third-order valence-corrected chi connectivity index (χ3v) is 3.79. The smallest absolute Gasteiger partial charge is 0.405 e. The summed E-state index contributed by atoms with van der Waals surface area (Å²) in [4.78, 5) is 16.5. The molecule has 0 unspecified atom stereocenters. The molecule has 0 aliphatic heterocycles. The molecule has 0 atom stereocenters. The molecule has 0 radical (unpaired) electrons. The number of halogens is 3. The fourth-order valence-corrected chi connectivity index (χ4v) is 2.58. The Morgan fingerprint density at radius 3 is 2.55 bits per heavy atom. The summed E-state index contributed by atoms with van der Waals surface area (Å²) in [5, 5.41) is 9.47. The summed E-state index contributed by atoms with van der Waals surface area (Å²) in [6.07, 6.45) is -5.10. The van der Waals surface area contributed by atoms with Crippen LogP contribution in [0.1, 0.15) is 11.4 Å². The van der Waals surface area contributed by atoms with E-state index in [-0.39, 0.29) is 12.0 Å². The number of carbonyl (C=O) groups is 1. The number of amides is 1. The Morgan fingerprint density at radius 2 is 1.86 bits per heavy atom. The van der Waals surface area contributed by atoms with Crippen LogP contribution in [0.15, 0.2) is 48.5 Å². The van der Waals surface area contributed by atoms with Crippen LogP contribution in [0.3, 0.4) is 0 Å². The number of hydrogen-bond acceptors (Lipinski definition) is 5. The molecule has 2 aromatic carbocycles. The molecule has 1 heterocycles. The molecule has 3 aromatic rings. The molecule has 0 saturated carbocycles. The summed E-state index contributed by atoms with van der Waals surface area (Å²) < 4.78 is 46.4. The van der Waals surface area contributed by atoms with Gasteiger partial charge in [0, 0.05) is 23.9 Å². The number of H-pyrrole nitrogens is 1. The van der Waals surface area contributed by atoms with Crippen LogP contribution in [0.2, 0.25) is 0 Å². The number of aromatic amines is 1. The Morgan fingerprint density at radius 1 is 1.14 bits per heavy atom. The number of benzene rings is 2. The van der Waals surface area contributed by atoms with Gasteiger partial charge >= 0.3 is 6.36 Å². The van der Waals surface area contributed by atoms with Gasteiger partial charge in [-0.25, -0.2) is 4.98 Å². The summed E-state index contributed by atoms with van der Waals surface area (Å²) in [7, 11) is 1.55. The number of carbonyl (C=O) groups excluding carboxylic acids is 1. The van der Waals surface area contributed by atoms with Gasteiger partial charge in [-0.05, 0) is 30.3 Å². The maximum absolute atomic E-state index is 12.5. The number of para-hydroxylation sites is 1. The maximum Gasteiger partial charge on any atom is 0.573 e. The van der Waals surface area contributed by atoms with E-state index in [2.05, 4.69) is 25.2 Å². The van der Waals surface area contributed by atoms with Gasteiger partial charge in [0.1, 0.15) is 12.4 Å². The van der Waals surface area contributed by atoms with Crippen molar-refractivity contribution in [3.63, 3.8) is 0 Å². The number of hydrogen-bond donors (Lipinski definition) is 2. The molecule has 152 valence electrons. The number of methoxy groups -OCH3 is 1. The van der Waals surface area contributed by atoms with E-state index in [4.69, 9.17) is 4.74 Å². The highest BCUT2D eigenvalue weighted by Crippen LogP contribution is 2.27. The molecule has 0 fully saturated rings. The second-order valence-corrected chi connectivity index (χ2v) is 6.00. The first-order valence-electron chi connectivity index (χ1n) is 8.48. The van der Waals surface area contributed by atoms with Gasteiger partial charge in [-0.3, -0.25) is 9.89 Å². The highest BCUT2D eigenvalue weighted by molar-refractivity contribution is 5.92. The van der Waals surface area contributed by atoms with Gasteiger partial charge in [0.05, 0.1) is 6.42 Å². The standard InChI is InChI=1S/C19H17F3N4O3/c1-28-11-16-24-18(26-25-16)12-6-8-14(9-7-12)23-17(27)10-13-4-2-3-5-15(13)29-19(20,21)22/h2-9H,10-11H2,1H3,(H,23,27)(H,24,25,26). The second kappa shape index (κ2) is 8.74. The Balaban J connectivity index is 1.64. The fourth-order valence-electron chi connectivity index (χ4n) is 2.58. The Bertz CT molecular complexity index is 971. The topological polar surface area (TPSA) is 89.1 Å². The molecule has 10 heteroatoms. The van der Waals surface area contributed by atoms with Crippen molar-refractivity contribution in [1.82, 2.24) is 15.2 Å². The molecule has 1 aromatic heterocycles. The van der Waals surface area contributed by atoms with Crippen molar-refractivity contribution in [1.29, 1.82) is 0 Å². The number of nitrogens with one attached hydrogen (secondary N) is 2. The molecule has 0 aliphatic rings. The number of rotatable bonds is 7. The van der Waals surface area contributed by atoms with Gasteiger partial charge < -0.3 is 14.8 Å². The first-order chi connectivity index (χ1) is 13.8. The maximum atomic E-state index is 12.5. The third kappa shape index (κ3) is 5.79. The summed E-state index contributed by atoms with van der Waals surface area (Å²) in [6, 6.07) is 12.3. The van der Waals surface area contributed by atoms with Gasteiger partial charge in [-0.15, -0.1) is 13.2 Å². The van der Waals surface area contributed by atoms with Crippen molar-refractivity contribution in [2.45, 2.75) is 19.4 Å². The summed E-state index contributed by atoms with van der Waals surface area (Å²) in [5.41, 5.74) is 1.34. The van der Waals surface area contributed by atoms with Crippen LogP contribution in [-0.4, -0.2) is 34.6 Å². The average molecular weight is 406 g/mol. The minimum Gasteiger partial charge on any atom is -0.405 e. The lowest BCUT2D eigenvalue weighted by Crippen LogP contribution is -2.20. The largest absolute Gasteiger partial charge is 0.573 e. The van der Waals surface area contributed by atoms with E-state index in [1.165, 1.54) is 24.3 Å². The average Bonchev–Trinajstić information content (AvgIpc) is 3.12. The minimum atomic E-state index is -4.83. The lowest BCUT2D eigenvalue weighted by Gasteiger charge is -2.13. The number of aromatic nitrogens is 3. The molecular weight excluding hydrogens is 389 g/mol. The van der Waals surface area contributed by atoms with Crippen LogP contribution >= 0.6 is 0 Å². The number of alkyl halides is 3. The normalized spacial score (nSPS) is 11.3. The van der Waals surface area contributed by atoms with Crippen LogP contribution in [0.25, 0.3) is 11.4 Å². The van der Waals surface area contributed by atoms with E-state index < -0.39 is 18.0 Å². The molecule has 1 amide bonds. The van der Waals surface area contributed by atoms with Crippen molar-refractivity contribution in [2.75, 3.05) is 12.4 Å². The van der Waals surface area contributed by atoms with E-state index >= 15 is 0 Å². The van der Waals surface area contributed by atoms with Crippen molar-refractivity contribution in [2.24, 2.45) is 0 Å². The molecule has 29 heavy (non-hydrogen) atoms. The van der Waals surface area contributed by atoms with Gasteiger partial charge in [0.2, 0.25) is 5.91 Å². The number of ether oxygens (including phenoxy) is 2. The van der Waals surface area contributed by atoms with E-state index in [0.29, 0.717) is 23.9 Å². The zero-order valence-electron chi connectivity index (χ0n) is 15.3. The van der Waals surface area contributed by atoms with Crippen LogP contribution < -0.4 is 10.1 Å². The highest BCUT2D eigenvalue weighted by Gasteiger charge is 2.32. The van der Waals surface area contributed by atoms with E-state index in [1.807, 2.05) is 0 Å². The zero-order valence-corrected chi connectivity index (χ0v) is 15.3. The molecule has 7 nitrogen and oxygen atoms in total. The zero-order chi connectivity index (χ0) is 20.9. The molecule has 3 rings (SSSR count). The Hall–Kier alpha value is -3.40. The SMILES string of the molecule is COCc1nc(-c2ccc(NC(=O)Cc3ccccc3OC(F)(F)F)cc2)n[nH]1. The lowest BCUT2D eigenvalue weighted by molar-refractivity contribution is -0.274. The van der Waals surface area contributed by atoms with Crippen LogP contribution in [-0.2, 0) is 22.6 Å². The van der Waals surface area contributed by atoms with Crippen LogP contribution in [0, 0.1) is 0 Å². The second-order valence-electron chi connectivity index (χ2n) is 6.00. The van der Waals surface area contributed by atoms with Gasteiger partial charge in [-0.1, -0.05) is 18.2 Å². The molecular formula is C19H17F3N4O3. The van der Waals surface area contributed by atoms with Gasteiger partial charge in [0.25, 0.3) is 0 Å². The van der Waals surface area contributed by atoms with Crippen molar-refractivity contribution < 1.29 is 27.4 Å². The Kier molecular flexibility index (Phi) is 6.13. The van der Waals surface area contributed by atoms with Gasteiger partial charge in [-0.2, -0.15) is 5.10 Å². The molecule has 2 N–H and O–H groups in total. The highest BCUT2D eigenvalue weighted by atomic mass is 19.4. The molecule has 0 aliphatic carbocycles. The fraction of sp³-hybridized carbons (Fsp3) is 0.211. The molecule has 0 saturated heterocycles. The van der Waals surface area contributed by atoms with Gasteiger partial charge in [0.15, 0.2) is 11.6 Å². The predicted octanol–water partition coefficient (Wildman–Crippen LogP) is 3.70. The summed E-state index contributed by atoms with van der Waals surface area (Å²) in [6.45, 7) is 0.306. The first kappa shape index (κ1) is 20.3. The molecule has 0 spiro atoms. The van der Waals surface area contributed by atoms with Crippen LogP contribution in [0.4, 0.5) is 18.9 Å². The number of anilines is 1. The summed E-state index contributed by atoms with van der Waals surface area (Å²) >= 11 is 0. The first-order valence-corrected chi connectivity index (χ1v) is 8.48. The predicted molar refractivity (Wildman–Crippen MR) is 98.0 cm³/mol. The van der Waals surface area contributed by atoms with E-state index in [1.54, 1.807) is 31.4 Å². The van der Waals surface area contributed by atoms with Crippen molar-refractivity contribution in [3.8, 4) is 17.1 Å². The number of nitrogens with zero attached hydrogens (tertiary/aromatic N) is 2. The van der Waals surface area contributed by atoms with Crippen molar-refractivity contribution >= 4 is 11.6 Å².